The third kappa shape index (κ3) is 2.70. The summed E-state index contributed by atoms with van der Waals surface area (Å²) in [6.07, 6.45) is 6.10. The summed E-state index contributed by atoms with van der Waals surface area (Å²) in [7, 11) is 0. The number of urea groups is 1. The van der Waals surface area contributed by atoms with Crippen molar-refractivity contribution < 1.29 is 14.4 Å². The predicted molar refractivity (Wildman–Crippen MR) is 95.1 cm³/mol. The van der Waals surface area contributed by atoms with Gasteiger partial charge in [0.2, 0.25) is 16.9 Å². The number of nitrogens with one attached hydrogen (secondary N) is 2. The maximum atomic E-state index is 12.8. The first kappa shape index (κ1) is 17.1. The molecule has 5 rings (SSSR count). The quantitative estimate of drug-likeness (QED) is 0.616. The summed E-state index contributed by atoms with van der Waals surface area (Å²) < 4.78 is 0. The minimum Gasteiger partial charge on any atom is -0.317 e. The van der Waals surface area contributed by atoms with E-state index in [4.69, 9.17) is 0 Å². The van der Waals surface area contributed by atoms with Crippen molar-refractivity contribution in [2.45, 2.75) is 39.3 Å². The number of carbonyl (C=O) groups is 3. The number of carbonyl (C=O) groups excluding carboxylic acids is 3. The number of aryl methyl sites for hydroxylation is 1. The molecule has 2 bridgehead atoms. The van der Waals surface area contributed by atoms with E-state index in [9.17, 15) is 14.4 Å². The molecule has 4 amide bonds. The fourth-order valence-electron chi connectivity index (χ4n) is 4.31. The number of hydrogen-bond donors (Lipinski definition) is 2. The van der Waals surface area contributed by atoms with Gasteiger partial charge in [0, 0.05) is 0 Å². The van der Waals surface area contributed by atoms with Gasteiger partial charge in [0.05, 0.1) is 11.8 Å². The molecule has 2 fully saturated rings. The Kier molecular flexibility index (Phi) is 4.26. The van der Waals surface area contributed by atoms with Crippen LogP contribution in [0.15, 0.2) is 12.2 Å². The highest BCUT2D eigenvalue weighted by Crippen LogP contribution is 2.49. The van der Waals surface area contributed by atoms with Crippen molar-refractivity contribution in [3.8, 4) is 0 Å². The van der Waals surface area contributed by atoms with E-state index >= 15 is 0 Å². The Balaban J connectivity index is 1.43. The molecule has 5 atom stereocenters. The molecule has 4 aliphatic rings. The van der Waals surface area contributed by atoms with Crippen molar-refractivity contribution >= 4 is 34.3 Å². The van der Waals surface area contributed by atoms with Gasteiger partial charge in [-0.05, 0) is 38.0 Å². The molecule has 9 heteroatoms. The van der Waals surface area contributed by atoms with Gasteiger partial charge in [0.25, 0.3) is 0 Å². The molecule has 1 aliphatic heterocycles. The molecule has 5 unspecified atom stereocenters. The predicted octanol–water partition coefficient (Wildman–Crippen LogP) is 1.77. The van der Waals surface area contributed by atoms with Crippen LogP contribution in [0, 0.1) is 23.7 Å². The Morgan fingerprint density at radius 1 is 1.23 bits per heavy atom. The molecule has 1 aromatic heterocycles. The minimum atomic E-state index is -0.710. The van der Waals surface area contributed by atoms with Gasteiger partial charge in [-0.1, -0.05) is 30.4 Å². The molecular formula is C17H21N5O3S. The number of imide groups is 1. The van der Waals surface area contributed by atoms with Crippen molar-refractivity contribution in [1.29, 1.82) is 0 Å². The van der Waals surface area contributed by atoms with E-state index in [0.717, 1.165) is 24.3 Å². The van der Waals surface area contributed by atoms with Crippen molar-refractivity contribution in [3.05, 3.63) is 17.2 Å². The van der Waals surface area contributed by atoms with Gasteiger partial charge in [-0.15, -0.1) is 10.2 Å². The van der Waals surface area contributed by atoms with Gasteiger partial charge in [0.1, 0.15) is 11.2 Å². The van der Waals surface area contributed by atoms with E-state index in [1.165, 1.54) is 16.2 Å². The molecule has 3 aliphatic carbocycles. The van der Waals surface area contributed by atoms with Crippen LogP contribution in [0.3, 0.4) is 0 Å². The average molecular weight is 375 g/mol. The minimum absolute atomic E-state index is 0.140. The highest BCUT2D eigenvalue weighted by molar-refractivity contribution is 7.15. The number of hydrogen-bond acceptors (Lipinski definition) is 6. The Labute approximate surface area is 155 Å². The number of allylic oxidation sites excluding steroid dienone is 2. The van der Waals surface area contributed by atoms with Crippen molar-refractivity contribution in [3.63, 3.8) is 0 Å². The number of fused-ring (bicyclic) bond motifs is 1. The first-order valence-corrected chi connectivity index (χ1v) is 9.76. The Morgan fingerprint density at radius 2 is 1.85 bits per heavy atom. The van der Waals surface area contributed by atoms with E-state index in [1.54, 1.807) is 6.92 Å². The molecular weight excluding hydrogens is 354 g/mol. The average Bonchev–Trinajstić information content (AvgIpc) is 3.19. The lowest BCUT2D eigenvalue weighted by molar-refractivity contribution is -0.142. The highest BCUT2D eigenvalue weighted by Gasteiger charge is 2.57. The van der Waals surface area contributed by atoms with Crippen LogP contribution in [0.2, 0.25) is 0 Å². The fraction of sp³-hybridized carbons (Fsp3) is 0.588. The molecule has 8 nitrogen and oxygen atoms in total. The summed E-state index contributed by atoms with van der Waals surface area (Å²) in [6.45, 7) is 3.61. The Bertz CT molecular complexity index is 759. The zero-order valence-electron chi connectivity index (χ0n) is 14.6. The second-order valence-electron chi connectivity index (χ2n) is 7.02. The van der Waals surface area contributed by atoms with Gasteiger partial charge in [-0.25, -0.2) is 4.79 Å². The summed E-state index contributed by atoms with van der Waals surface area (Å²) in [5.74, 6) is -0.600. The highest BCUT2D eigenvalue weighted by atomic mass is 32.1. The van der Waals surface area contributed by atoms with Crippen LogP contribution in [-0.4, -0.2) is 39.1 Å². The van der Waals surface area contributed by atoms with Crippen molar-refractivity contribution in [2.24, 2.45) is 23.7 Å². The van der Waals surface area contributed by atoms with Gasteiger partial charge in [0.15, 0.2) is 0 Å². The largest absolute Gasteiger partial charge is 0.322 e. The molecule has 1 saturated heterocycles. The van der Waals surface area contributed by atoms with E-state index < -0.39 is 12.2 Å². The smallest absolute Gasteiger partial charge is 0.317 e. The lowest BCUT2D eigenvalue weighted by Crippen LogP contribution is -2.50. The SMILES string of the molecule is CCc1nnc(NC(=O)NC(C)N2C(=O)C3C4C=CC(CC4)C3C2=O)s1. The summed E-state index contributed by atoms with van der Waals surface area (Å²) in [6, 6.07) is -0.507. The van der Waals surface area contributed by atoms with Crippen LogP contribution in [0.25, 0.3) is 0 Å². The van der Waals surface area contributed by atoms with Crippen molar-refractivity contribution in [1.82, 2.24) is 20.4 Å². The molecule has 2 N–H and O–H groups in total. The second kappa shape index (κ2) is 6.46. The first-order valence-electron chi connectivity index (χ1n) is 8.94. The summed E-state index contributed by atoms with van der Waals surface area (Å²) >= 11 is 1.30. The molecule has 0 radical (unpaired) electrons. The van der Waals surface area contributed by atoms with Gasteiger partial charge < -0.3 is 5.32 Å². The van der Waals surface area contributed by atoms with Crippen LogP contribution in [0.4, 0.5) is 9.93 Å². The molecule has 0 aromatic carbocycles. The van der Waals surface area contributed by atoms with E-state index in [1.807, 2.05) is 6.92 Å². The van der Waals surface area contributed by atoms with Gasteiger partial charge >= 0.3 is 6.03 Å². The zero-order chi connectivity index (χ0) is 18.4. The van der Waals surface area contributed by atoms with Crippen LogP contribution < -0.4 is 10.6 Å². The summed E-state index contributed by atoms with van der Waals surface area (Å²) in [4.78, 5) is 39.1. The van der Waals surface area contributed by atoms with Crippen LogP contribution in [0.5, 0.6) is 0 Å². The van der Waals surface area contributed by atoms with Gasteiger partial charge in [-0.3, -0.25) is 19.8 Å². The number of anilines is 1. The molecule has 1 saturated carbocycles. The maximum absolute atomic E-state index is 12.8. The zero-order valence-corrected chi connectivity index (χ0v) is 15.5. The Hall–Kier alpha value is -2.29. The maximum Gasteiger partial charge on any atom is 0.322 e. The monoisotopic (exact) mass is 375 g/mol. The summed E-state index contributed by atoms with van der Waals surface area (Å²) in [5.41, 5.74) is 0. The van der Waals surface area contributed by atoms with Gasteiger partial charge in [-0.2, -0.15) is 0 Å². The third-order valence-electron chi connectivity index (χ3n) is 5.51. The van der Waals surface area contributed by atoms with E-state index in [2.05, 4.69) is 33.0 Å². The third-order valence-corrected chi connectivity index (χ3v) is 6.49. The van der Waals surface area contributed by atoms with E-state index in [0.29, 0.717) is 5.13 Å². The molecule has 0 spiro atoms. The normalized spacial score (nSPS) is 30.5. The molecule has 138 valence electrons. The Morgan fingerprint density at radius 3 is 2.35 bits per heavy atom. The number of likely N-dealkylation sites (tertiary alicyclic amines) is 1. The summed E-state index contributed by atoms with van der Waals surface area (Å²) in [5, 5.41) is 14.3. The topological polar surface area (TPSA) is 104 Å². The lowest BCUT2D eigenvalue weighted by Gasteiger charge is -2.38. The number of rotatable bonds is 4. The number of amides is 4. The molecule has 26 heavy (non-hydrogen) atoms. The van der Waals surface area contributed by atoms with Crippen molar-refractivity contribution in [2.75, 3.05) is 5.32 Å². The second-order valence-corrected chi connectivity index (χ2v) is 8.08. The molecule has 2 heterocycles. The van der Waals surface area contributed by atoms with Crippen LogP contribution in [0.1, 0.15) is 31.7 Å². The van der Waals surface area contributed by atoms with Crippen LogP contribution >= 0.6 is 11.3 Å². The molecule has 1 aromatic rings. The first-order chi connectivity index (χ1) is 12.5. The standard InChI is InChI=1S/C17H21N5O3S/c1-3-11-20-21-17(26-11)19-16(25)18-8(2)22-14(23)12-9-4-5-10(7-6-9)13(12)15(22)24/h4-5,8-10,12-13H,3,6-7H2,1-2H3,(H2,18,19,21,25). The van der Waals surface area contributed by atoms with Crippen LogP contribution in [-0.2, 0) is 16.0 Å². The lowest BCUT2D eigenvalue weighted by atomic mass is 9.63. The fourth-order valence-corrected chi connectivity index (χ4v) is 4.99. The van der Waals surface area contributed by atoms with E-state index in [-0.39, 0.29) is 35.5 Å². The number of nitrogens with zero attached hydrogens (tertiary/aromatic N) is 3. The number of aromatic nitrogens is 2.